The molecule has 3 aromatic rings. The summed E-state index contributed by atoms with van der Waals surface area (Å²) >= 11 is 0. The molecule has 148 valence electrons. The standard InChI is InChI=1S/C19H17FN6O3/c1-12(13-5-3-2-4-6-13)23-17-16(26(28)29)18(22-11-21-17)24-25-19(27)14-7-9-15(20)10-8-14/h2-12H,1H3,(H,25,27)(H2,21,22,23,24). The maximum atomic E-state index is 13.0. The van der Waals surface area contributed by atoms with Crippen molar-refractivity contribution in [3.8, 4) is 0 Å². The van der Waals surface area contributed by atoms with Crippen LogP contribution in [-0.2, 0) is 0 Å². The van der Waals surface area contributed by atoms with Gasteiger partial charge in [0.05, 0.1) is 11.0 Å². The highest BCUT2D eigenvalue weighted by Crippen LogP contribution is 2.31. The first-order chi connectivity index (χ1) is 14.0. The van der Waals surface area contributed by atoms with Gasteiger partial charge in [-0.05, 0) is 36.8 Å². The number of hydrazine groups is 1. The van der Waals surface area contributed by atoms with Crippen molar-refractivity contribution >= 4 is 23.2 Å². The molecule has 1 heterocycles. The highest BCUT2D eigenvalue weighted by molar-refractivity contribution is 5.95. The summed E-state index contributed by atoms with van der Waals surface area (Å²) in [5.41, 5.74) is 5.41. The molecule has 1 amide bonds. The molecule has 3 N–H and O–H groups in total. The van der Waals surface area contributed by atoms with Crippen LogP contribution in [-0.4, -0.2) is 20.8 Å². The van der Waals surface area contributed by atoms with Crippen LogP contribution < -0.4 is 16.2 Å². The number of aromatic nitrogens is 2. The summed E-state index contributed by atoms with van der Waals surface area (Å²) < 4.78 is 13.0. The third-order valence-corrected chi connectivity index (χ3v) is 4.06. The first-order valence-electron chi connectivity index (χ1n) is 8.58. The van der Waals surface area contributed by atoms with Gasteiger partial charge in [-0.15, -0.1) is 0 Å². The molecule has 0 fully saturated rings. The van der Waals surface area contributed by atoms with Crippen LogP contribution in [0.4, 0.5) is 21.7 Å². The molecule has 3 rings (SSSR count). The molecule has 0 bridgehead atoms. The lowest BCUT2D eigenvalue weighted by Gasteiger charge is -2.16. The van der Waals surface area contributed by atoms with Gasteiger partial charge in [-0.25, -0.2) is 14.4 Å². The summed E-state index contributed by atoms with van der Waals surface area (Å²) in [6.07, 6.45) is 1.14. The van der Waals surface area contributed by atoms with E-state index >= 15 is 0 Å². The first kappa shape index (κ1) is 19.7. The fourth-order valence-electron chi connectivity index (χ4n) is 2.57. The van der Waals surface area contributed by atoms with E-state index < -0.39 is 22.3 Å². The molecule has 0 aliphatic carbocycles. The molecule has 29 heavy (non-hydrogen) atoms. The predicted molar refractivity (Wildman–Crippen MR) is 105 cm³/mol. The molecule has 0 aliphatic rings. The minimum absolute atomic E-state index is 0.000107. The van der Waals surface area contributed by atoms with Crippen LogP contribution >= 0.6 is 0 Å². The number of benzene rings is 2. The first-order valence-corrected chi connectivity index (χ1v) is 8.58. The van der Waals surface area contributed by atoms with Gasteiger partial charge in [-0.1, -0.05) is 30.3 Å². The van der Waals surface area contributed by atoms with E-state index in [1.807, 2.05) is 37.3 Å². The van der Waals surface area contributed by atoms with Crippen molar-refractivity contribution in [1.29, 1.82) is 0 Å². The molecular formula is C19H17FN6O3. The minimum Gasteiger partial charge on any atom is -0.358 e. The van der Waals surface area contributed by atoms with Gasteiger partial charge >= 0.3 is 5.69 Å². The SMILES string of the molecule is CC(Nc1ncnc(NNC(=O)c2ccc(F)cc2)c1[N+](=O)[O-])c1ccccc1. The van der Waals surface area contributed by atoms with Crippen molar-refractivity contribution in [3.05, 3.63) is 88.0 Å². The predicted octanol–water partition coefficient (Wildman–Crippen LogP) is 3.45. The molecule has 1 aromatic heterocycles. The summed E-state index contributed by atoms with van der Waals surface area (Å²) in [6, 6.07) is 13.9. The fourth-order valence-corrected chi connectivity index (χ4v) is 2.57. The van der Waals surface area contributed by atoms with Crippen LogP contribution in [0.1, 0.15) is 28.9 Å². The Morgan fingerprint density at radius 2 is 1.72 bits per heavy atom. The lowest BCUT2D eigenvalue weighted by Crippen LogP contribution is -2.30. The van der Waals surface area contributed by atoms with E-state index in [1.165, 1.54) is 12.1 Å². The highest BCUT2D eigenvalue weighted by atomic mass is 19.1. The molecule has 0 radical (unpaired) electrons. The van der Waals surface area contributed by atoms with E-state index in [-0.39, 0.29) is 23.2 Å². The maximum Gasteiger partial charge on any atom is 0.354 e. The van der Waals surface area contributed by atoms with Crippen LogP contribution in [0.3, 0.4) is 0 Å². The van der Waals surface area contributed by atoms with E-state index in [9.17, 15) is 19.3 Å². The topological polar surface area (TPSA) is 122 Å². The quantitative estimate of drug-likeness (QED) is 0.413. The lowest BCUT2D eigenvalue weighted by atomic mass is 10.1. The average Bonchev–Trinajstić information content (AvgIpc) is 2.73. The molecule has 1 atom stereocenters. The Balaban J connectivity index is 1.78. The van der Waals surface area contributed by atoms with E-state index in [0.717, 1.165) is 24.0 Å². The van der Waals surface area contributed by atoms with Gasteiger partial charge in [0.2, 0.25) is 11.6 Å². The minimum atomic E-state index is -0.646. The zero-order valence-corrected chi connectivity index (χ0v) is 15.3. The Morgan fingerprint density at radius 3 is 2.38 bits per heavy atom. The molecule has 10 heteroatoms. The number of nitrogens with one attached hydrogen (secondary N) is 3. The summed E-state index contributed by atoms with van der Waals surface area (Å²) in [6.45, 7) is 1.84. The van der Waals surface area contributed by atoms with Gasteiger partial charge in [0.15, 0.2) is 0 Å². The second-order valence-corrected chi connectivity index (χ2v) is 6.04. The normalized spacial score (nSPS) is 11.4. The molecule has 0 saturated heterocycles. The summed E-state index contributed by atoms with van der Waals surface area (Å²) in [4.78, 5) is 30.9. The molecule has 2 aromatic carbocycles. The lowest BCUT2D eigenvalue weighted by molar-refractivity contribution is -0.383. The number of carbonyl (C=O) groups is 1. The van der Waals surface area contributed by atoms with Crippen molar-refractivity contribution in [2.75, 3.05) is 10.7 Å². The number of rotatable bonds is 7. The fraction of sp³-hybridized carbons (Fsp3) is 0.105. The molecule has 0 aliphatic heterocycles. The molecule has 0 spiro atoms. The number of nitro groups is 1. The molecule has 1 unspecified atom stereocenters. The third-order valence-electron chi connectivity index (χ3n) is 4.06. The molecule has 9 nitrogen and oxygen atoms in total. The zero-order chi connectivity index (χ0) is 20.8. The Morgan fingerprint density at radius 1 is 1.07 bits per heavy atom. The van der Waals surface area contributed by atoms with Crippen LogP contribution in [0.15, 0.2) is 60.9 Å². The number of nitrogens with zero attached hydrogens (tertiary/aromatic N) is 3. The summed E-state index contributed by atoms with van der Waals surface area (Å²) in [5, 5.41) is 14.6. The largest absolute Gasteiger partial charge is 0.358 e. The van der Waals surface area contributed by atoms with E-state index in [2.05, 4.69) is 26.1 Å². The van der Waals surface area contributed by atoms with Crippen LogP contribution in [0, 0.1) is 15.9 Å². The smallest absolute Gasteiger partial charge is 0.354 e. The highest BCUT2D eigenvalue weighted by Gasteiger charge is 2.24. The van der Waals surface area contributed by atoms with Gasteiger partial charge in [-0.3, -0.25) is 25.8 Å². The number of carbonyl (C=O) groups excluding carboxylic acids is 1. The molecular weight excluding hydrogens is 379 g/mol. The van der Waals surface area contributed by atoms with Gasteiger partial charge in [-0.2, -0.15) is 0 Å². The van der Waals surface area contributed by atoms with E-state index in [0.29, 0.717) is 0 Å². The number of halogens is 1. The number of anilines is 2. The Labute approximate surface area is 165 Å². The molecule has 0 saturated carbocycles. The Bertz CT molecular complexity index is 1010. The van der Waals surface area contributed by atoms with Crippen molar-refractivity contribution in [1.82, 2.24) is 15.4 Å². The van der Waals surface area contributed by atoms with Crippen molar-refractivity contribution < 1.29 is 14.1 Å². The van der Waals surface area contributed by atoms with E-state index in [1.54, 1.807) is 0 Å². The van der Waals surface area contributed by atoms with Crippen LogP contribution in [0.25, 0.3) is 0 Å². The van der Waals surface area contributed by atoms with Crippen molar-refractivity contribution in [3.63, 3.8) is 0 Å². The third kappa shape index (κ3) is 4.80. The average molecular weight is 396 g/mol. The van der Waals surface area contributed by atoms with Crippen molar-refractivity contribution in [2.45, 2.75) is 13.0 Å². The van der Waals surface area contributed by atoms with Gasteiger partial charge in [0.25, 0.3) is 5.91 Å². The Kier molecular flexibility index (Phi) is 5.93. The monoisotopic (exact) mass is 396 g/mol. The van der Waals surface area contributed by atoms with Crippen molar-refractivity contribution in [2.24, 2.45) is 0 Å². The van der Waals surface area contributed by atoms with Gasteiger partial charge in [0, 0.05) is 5.56 Å². The number of amides is 1. The summed E-state index contributed by atoms with van der Waals surface area (Å²) in [7, 11) is 0. The maximum absolute atomic E-state index is 13.0. The number of hydrogen-bond acceptors (Lipinski definition) is 7. The second kappa shape index (κ2) is 8.74. The zero-order valence-electron chi connectivity index (χ0n) is 15.3. The Hall–Kier alpha value is -4.08. The van der Waals surface area contributed by atoms with Gasteiger partial charge in [0.1, 0.15) is 12.1 Å². The van der Waals surface area contributed by atoms with Gasteiger partial charge < -0.3 is 5.32 Å². The number of hydrogen-bond donors (Lipinski definition) is 3. The van der Waals surface area contributed by atoms with E-state index in [4.69, 9.17) is 0 Å². The summed E-state index contributed by atoms with van der Waals surface area (Å²) in [5.74, 6) is -1.28. The van der Waals surface area contributed by atoms with Crippen LogP contribution in [0.5, 0.6) is 0 Å². The second-order valence-electron chi connectivity index (χ2n) is 6.04. The van der Waals surface area contributed by atoms with Crippen LogP contribution in [0.2, 0.25) is 0 Å².